The number of hydrogen-bond acceptors (Lipinski definition) is 2. The number of para-hydroxylation sites is 1. The molecular formula is C15H22BrNO. The zero-order valence-electron chi connectivity index (χ0n) is 10.9. The predicted octanol–water partition coefficient (Wildman–Crippen LogP) is 3.56. The number of likely N-dealkylation sites (tertiary alicyclic amines) is 1. The summed E-state index contributed by atoms with van der Waals surface area (Å²) in [6.07, 6.45) is 3.80. The lowest BCUT2D eigenvalue weighted by Crippen LogP contribution is -2.23. The van der Waals surface area contributed by atoms with Crippen molar-refractivity contribution in [2.24, 2.45) is 5.92 Å². The molecule has 1 aromatic carbocycles. The smallest absolute Gasteiger partial charge is 0.119 e. The lowest BCUT2D eigenvalue weighted by atomic mass is 10.1. The molecule has 1 saturated heterocycles. The third kappa shape index (κ3) is 4.62. The molecule has 0 aromatic heterocycles. The number of ether oxygens (including phenoxy) is 1. The van der Waals surface area contributed by atoms with Crippen LogP contribution < -0.4 is 4.74 Å². The van der Waals surface area contributed by atoms with Crippen molar-refractivity contribution in [1.29, 1.82) is 0 Å². The number of nitrogens with zero attached hydrogens (tertiary/aromatic N) is 1. The highest BCUT2D eigenvalue weighted by Crippen LogP contribution is 2.20. The Labute approximate surface area is 118 Å². The van der Waals surface area contributed by atoms with E-state index in [-0.39, 0.29) is 0 Å². The molecule has 1 aliphatic heterocycles. The van der Waals surface area contributed by atoms with Gasteiger partial charge in [-0.2, -0.15) is 0 Å². The molecular weight excluding hydrogens is 290 g/mol. The molecule has 0 aliphatic carbocycles. The maximum atomic E-state index is 5.71. The van der Waals surface area contributed by atoms with Gasteiger partial charge >= 0.3 is 0 Å². The van der Waals surface area contributed by atoms with Crippen LogP contribution in [0.4, 0.5) is 0 Å². The average Bonchev–Trinajstić information content (AvgIpc) is 2.84. The highest BCUT2D eigenvalue weighted by Gasteiger charge is 2.20. The van der Waals surface area contributed by atoms with Crippen molar-refractivity contribution in [2.45, 2.75) is 19.3 Å². The van der Waals surface area contributed by atoms with Crippen molar-refractivity contribution < 1.29 is 4.74 Å². The van der Waals surface area contributed by atoms with Gasteiger partial charge in [0.05, 0.1) is 6.61 Å². The minimum atomic E-state index is 0.823. The Hall–Kier alpha value is -0.540. The van der Waals surface area contributed by atoms with Gasteiger partial charge in [-0.15, -0.1) is 0 Å². The lowest BCUT2D eigenvalue weighted by Gasteiger charge is -2.15. The molecule has 0 radical (unpaired) electrons. The summed E-state index contributed by atoms with van der Waals surface area (Å²) < 4.78 is 5.71. The van der Waals surface area contributed by atoms with E-state index in [1.807, 2.05) is 30.3 Å². The van der Waals surface area contributed by atoms with Gasteiger partial charge in [-0.1, -0.05) is 34.1 Å². The van der Waals surface area contributed by atoms with Gasteiger partial charge in [0.1, 0.15) is 5.75 Å². The van der Waals surface area contributed by atoms with Crippen molar-refractivity contribution in [2.75, 3.05) is 31.6 Å². The molecule has 1 fully saturated rings. The first kappa shape index (κ1) is 13.9. The Morgan fingerprint density at radius 3 is 2.89 bits per heavy atom. The van der Waals surface area contributed by atoms with E-state index in [2.05, 4.69) is 20.8 Å². The summed E-state index contributed by atoms with van der Waals surface area (Å²) in [5, 5.41) is 1.14. The summed E-state index contributed by atoms with van der Waals surface area (Å²) in [7, 11) is 0. The molecule has 0 amide bonds. The molecule has 0 spiro atoms. The van der Waals surface area contributed by atoms with Crippen LogP contribution in [0.5, 0.6) is 5.75 Å². The van der Waals surface area contributed by atoms with E-state index in [0.29, 0.717) is 0 Å². The van der Waals surface area contributed by atoms with E-state index < -0.39 is 0 Å². The number of hydrogen-bond donors (Lipinski definition) is 0. The van der Waals surface area contributed by atoms with E-state index in [1.54, 1.807) is 0 Å². The maximum absolute atomic E-state index is 5.71. The fourth-order valence-corrected chi connectivity index (χ4v) is 3.15. The van der Waals surface area contributed by atoms with Crippen molar-refractivity contribution in [3.05, 3.63) is 30.3 Å². The monoisotopic (exact) mass is 311 g/mol. The van der Waals surface area contributed by atoms with Crippen LogP contribution >= 0.6 is 15.9 Å². The third-order valence-corrected chi connectivity index (χ3v) is 3.98. The summed E-state index contributed by atoms with van der Waals surface area (Å²) >= 11 is 3.53. The van der Waals surface area contributed by atoms with Gasteiger partial charge in [-0.3, -0.25) is 0 Å². The Morgan fingerprint density at radius 1 is 1.28 bits per heavy atom. The van der Waals surface area contributed by atoms with E-state index in [9.17, 15) is 0 Å². The first-order valence-electron chi connectivity index (χ1n) is 6.84. The predicted molar refractivity (Wildman–Crippen MR) is 79.5 cm³/mol. The summed E-state index contributed by atoms with van der Waals surface area (Å²) in [5.74, 6) is 1.88. The second-order valence-electron chi connectivity index (χ2n) is 4.95. The van der Waals surface area contributed by atoms with Crippen molar-refractivity contribution in [1.82, 2.24) is 4.90 Å². The van der Waals surface area contributed by atoms with E-state index in [0.717, 1.165) is 30.0 Å². The molecule has 3 heteroatoms. The van der Waals surface area contributed by atoms with Gasteiger partial charge < -0.3 is 9.64 Å². The Bertz CT molecular complexity index is 331. The molecule has 1 aromatic rings. The van der Waals surface area contributed by atoms with Crippen LogP contribution in [0.2, 0.25) is 0 Å². The highest BCUT2D eigenvalue weighted by atomic mass is 79.9. The zero-order valence-corrected chi connectivity index (χ0v) is 12.4. The van der Waals surface area contributed by atoms with Crippen molar-refractivity contribution >= 4 is 15.9 Å². The number of benzene rings is 1. The minimum absolute atomic E-state index is 0.823. The molecule has 0 N–H and O–H groups in total. The molecule has 100 valence electrons. The molecule has 0 bridgehead atoms. The second-order valence-corrected chi connectivity index (χ2v) is 5.74. The fraction of sp³-hybridized carbons (Fsp3) is 0.600. The van der Waals surface area contributed by atoms with Crippen LogP contribution in [0.25, 0.3) is 0 Å². The molecule has 1 atom stereocenters. The first-order chi connectivity index (χ1) is 8.88. The second kappa shape index (κ2) is 7.80. The molecule has 18 heavy (non-hydrogen) atoms. The molecule has 1 heterocycles. The minimum Gasteiger partial charge on any atom is -0.494 e. The van der Waals surface area contributed by atoms with Crippen LogP contribution in [0, 0.1) is 5.92 Å². The summed E-state index contributed by atoms with van der Waals surface area (Å²) in [4.78, 5) is 2.57. The first-order valence-corrected chi connectivity index (χ1v) is 7.97. The van der Waals surface area contributed by atoms with Crippen LogP contribution in [0.3, 0.4) is 0 Å². The van der Waals surface area contributed by atoms with E-state index in [4.69, 9.17) is 4.74 Å². The molecule has 1 unspecified atom stereocenters. The molecule has 1 aliphatic rings. The SMILES string of the molecule is BrCCC1CCN(CCCOc2ccccc2)C1. The van der Waals surface area contributed by atoms with Crippen molar-refractivity contribution in [3.8, 4) is 5.75 Å². The largest absolute Gasteiger partial charge is 0.494 e. The van der Waals surface area contributed by atoms with Gasteiger partial charge in [-0.25, -0.2) is 0 Å². The maximum Gasteiger partial charge on any atom is 0.119 e. The highest BCUT2D eigenvalue weighted by molar-refractivity contribution is 9.09. The average molecular weight is 312 g/mol. The van der Waals surface area contributed by atoms with E-state index >= 15 is 0 Å². The number of halogens is 1. The van der Waals surface area contributed by atoms with Gasteiger partial charge in [-0.05, 0) is 43.9 Å². The molecule has 2 rings (SSSR count). The standard InChI is InChI=1S/C15H22BrNO/c16-9-7-14-8-11-17(13-14)10-4-12-18-15-5-2-1-3-6-15/h1-3,5-6,14H,4,7-13H2. The quantitative estimate of drug-likeness (QED) is 0.564. The summed E-state index contributed by atoms with van der Waals surface area (Å²) in [5.41, 5.74) is 0. The number of alkyl halides is 1. The molecule has 2 nitrogen and oxygen atoms in total. The third-order valence-electron chi connectivity index (χ3n) is 3.52. The Balaban J connectivity index is 1.56. The van der Waals surface area contributed by atoms with E-state index in [1.165, 1.54) is 32.5 Å². The normalized spacial score (nSPS) is 20.2. The van der Waals surface area contributed by atoms with Gasteiger partial charge in [0.2, 0.25) is 0 Å². The van der Waals surface area contributed by atoms with Crippen LogP contribution in [-0.4, -0.2) is 36.5 Å². The fourth-order valence-electron chi connectivity index (χ4n) is 2.50. The van der Waals surface area contributed by atoms with Crippen LogP contribution in [0.15, 0.2) is 30.3 Å². The van der Waals surface area contributed by atoms with Gasteiger partial charge in [0, 0.05) is 18.4 Å². The van der Waals surface area contributed by atoms with Gasteiger partial charge in [0.25, 0.3) is 0 Å². The van der Waals surface area contributed by atoms with Crippen LogP contribution in [-0.2, 0) is 0 Å². The summed E-state index contributed by atoms with van der Waals surface area (Å²) in [6.45, 7) is 4.54. The van der Waals surface area contributed by atoms with Crippen molar-refractivity contribution in [3.63, 3.8) is 0 Å². The van der Waals surface area contributed by atoms with Gasteiger partial charge in [0.15, 0.2) is 0 Å². The van der Waals surface area contributed by atoms with Crippen LogP contribution in [0.1, 0.15) is 19.3 Å². The Morgan fingerprint density at radius 2 is 2.11 bits per heavy atom. The Kier molecular flexibility index (Phi) is 6.01. The zero-order chi connectivity index (χ0) is 12.6. The molecule has 0 saturated carbocycles. The number of rotatable bonds is 7. The summed E-state index contributed by atoms with van der Waals surface area (Å²) in [6, 6.07) is 10.1. The topological polar surface area (TPSA) is 12.5 Å². The lowest BCUT2D eigenvalue weighted by molar-refractivity contribution is 0.258.